The molecule has 35 heavy (non-hydrogen) atoms. The van der Waals surface area contributed by atoms with Gasteiger partial charge in [0.15, 0.2) is 0 Å². The van der Waals surface area contributed by atoms with Crippen LogP contribution in [0, 0.1) is 11.3 Å². The zero-order valence-electron chi connectivity index (χ0n) is 20.4. The largest absolute Gasteiger partial charge is 0.370 e. The Morgan fingerprint density at radius 3 is 2.31 bits per heavy atom. The number of anilines is 1. The van der Waals surface area contributed by atoms with Crippen molar-refractivity contribution >= 4 is 11.7 Å². The van der Waals surface area contributed by atoms with Crippen LogP contribution in [0.3, 0.4) is 0 Å². The first-order chi connectivity index (χ1) is 16.9. The number of aromatic amines is 1. The average Bonchev–Trinajstić information content (AvgIpc) is 2.88. The highest BCUT2D eigenvalue weighted by atomic mass is 16.5. The summed E-state index contributed by atoms with van der Waals surface area (Å²) < 4.78 is 6.15. The van der Waals surface area contributed by atoms with Gasteiger partial charge in [-0.3, -0.25) is 9.69 Å². The highest BCUT2D eigenvalue weighted by molar-refractivity contribution is 5.94. The van der Waals surface area contributed by atoms with E-state index >= 15 is 0 Å². The molecule has 0 aliphatic carbocycles. The van der Waals surface area contributed by atoms with Crippen LogP contribution in [0.2, 0.25) is 0 Å². The monoisotopic (exact) mass is 467 g/mol. The van der Waals surface area contributed by atoms with Crippen LogP contribution < -0.4 is 9.88 Å². The second-order valence-corrected chi connectivity index (χ2v) is 9.93. The molecule has 0 radical (unpaired) electrons. The van der Waals surface area contributed by atoms with Gasteiger partial charge in [0.1, 0.15) is 30.4 Å². The summed E-state index contributed by atoms with van der Waals surface area (Å²) in [7, 11) is 0. The summed E-state index contributed by atoms with van der Waals surface area (Å²) >= 11 is 0. The zero-order valence-corrected chi connectivity index (χ0v) is 20.4. The van der Waals surface area contributed by atoms with Gasteiger partial charge < -0.3 is 9.64 Å². The van der Waals surface area contributed by atoms with Crippen molar-refractivity contribution in [3.05, 3.63) is 94.2 Å². The Labute approximate surface area is 206 Å². The minimum Gasteiger partial charge on any atom is -0.370 e. The molecule has 178 valence electrons. The molecule has 3 aromatic rings. The molecule has 1 N–H and O–H groups in total. The summed E-state index contributed by atoms with van der Waals surface area (Å²) in [6, 6.07) is 22.3. The molecule has 0 spiro atoms. The van der Waals surface area contributed by atoms with E-state index in [1.54, 1.807) is 0 Å². The predicted octanol–water partition coefficient (Wildman–Crippen LogP) is 3.78. The SMILES string of the molecule is CC1(C)Cc2c(C#N)c(N3CCN(C(=O)c4ccccc4)CC3)[nH+]c(Cc3ccccc3)c2CO1. The number of hydrogen-bond donors (Lipinski definition) is 0. The molecule has 2 aliphatic heterocycles. The van der Waals surface area contributed by atoms with Crippen LogP contribution in [0.15, 0.2) is 60.7 Å². The number of carbonyl (C=O) groups excluding carboxylic acids is 1. The number of piperazine rings is 1. The third-order valence-electron chi connectivity index (χ3n) is 6.99. The van der Waals surface area contributed by atoms with E-state index in [1.165, 1.54) is 5.56 Å². The fourth-order valence-electron chi connectivity index (χ4n) is 5.08. The van der Waals surface area contributed by atoms with E-state index in [1.807, 2.05) is 41.3 Å². The lowest BCUT2D eigenvalue weighted by atomic mass is 9.87. The fraction of sp³-hybridized carbons (Fsp3) is 0.345. The van der Waals surface area contributed by atoms with Crippen molar-refractivity contribution in [2.24, 2.45) is 0 Å². The van der Waals surface area contributed by atoms with Gasteiger partial charge in [-0.05, 0) is 37.1 Å². The maximum Gasteiger partial charge on any atom is 0.293 e. The van der Waals surface area contributed by atoms with Gasteiger partial charge in [0.05, 0.1) is 25.3 Å². The van der Waals surface area contributed by atoms with Crippen molar-refractivity contribution in [2.45, 2.75) is 38.9 Å². The number of nitrogens with one attached hydrogen (secondary N) is 1. The molecule has 2 aliphatic rings. The van der Waals surface area contributed by atoms with Gasteiger partial charge in [0.25, 0.3) is 11.7 Å². The third kappa shape index (κ3) is 4.78. The molecular weight excluding hydrogens is 436 g/mol. The van der Waals surface area contributed by atoms with Gasteiger partial charge in [-0.2, -0.15) is 5.26 Å². The zero-order chi connectivity index (χ0) is 24.4. The number of rotatable bonds is 4. The van der Waals surface area contributed by atoms with Crippen LogP contribution in [-0.4, -0.2) is 42.6 Å². The molecule has 1 saturated heterocycles. The van der Waals surface area contributed by atoms with Gasteiger partial charge in [0.2, 0.25) is 0 Å². The van der Waals surface area contributed by atoms with Crippen LogP contribution in [0.1, 0.15) is 52.2 Å². The number of carbonyl (C=O) groups is 1. The third-order valence-corrected chi connectivity index (χ3v) is 6.99. The second kappa shape index (κ2) is 9.52. The summed E-state index contributed by atoms with van der Waals surface area (Å²) in [5, 5.41) is 10.2. The summed E-state index contributed by atoms with van der Waals surface area (Å²) in [6.45, 7) is 7.24. The van der Waals surface area contributed by atoms with Gasteiger partial charge >= 0.3 is 0 Å². The Morgan fingerprint density at radius 1 is 1.00 bits per heavy atom. The highest BCUT2D eigenvalue weighted by Crippen LogP contribution is 2.34. The van der Waals surface area contributed by atoms with Crippen LogP contribution in [0.5, 0.6) is 0 Å². The molecule has 2 aromatic carbocycles. The highest BCUT2D eigenvalue weighted by Gasteiger charge is 2.36. The van der Waals surface area contributed by atoms with Crippen molar-refractivity contribution in [1.82, 2.24) is 4.90 Å². The van der Waals surface area contributed by atoms with E-state index in [2.05, 4.69) is 54.1 Å². The van der Waals surface area contributed by atoms with E-state index < -0.39 is 0 Å². The van der Waals surface area contributed by atoms with E-state index in [-0.39, 0.29) is 11.5 Å². The number of nitriles is 1. The Hall–Kier alpha value is -3.69. The average molecular weight is 468 g/mol. The molecular formula is C29H31N4O2+. The lowest BCUT2D eigenvalue weighted by Gasteiger charge is -2.35. The summed E-state index contributed by atoms with van der Waals surface area (Å²) in [5.41, 5.74) is 5.60. The van der Waals surface area contributed by atoms with Gasteiger partial charge in [-0.1, -0.05) is 48.5 Å². The normalized spacial score (nSPS) is 16.9. The topological polar surface area (TPSA) is 70.7 Å². The van der Waals surface area contributed by atoms with Crippen molar-refractivity contribution in [1.29, 1.82) is 5.26 Å². The Bertz CT molecular complexity index is 1260. The number of amides is 1. The molecule has 0 atom stereocenters. The predicted molar refractivity (Wildman–Crippen MR) is 134 cm³/mol. The van der Waals surface area contributed by atoms with Crippen LogP contribution in [-0.2, 0) is 24.2 Å². The quantitative estimate of drug-likeness (QED) is 0.586. The number of nitrogens with zero attached hydrogens (tertiary/aromatic N) is 3. The van der Waals surface area contributed by atoms with E-state index in [0.29, 0.717) is 50.3 Å². The maximum absolute atomic E-state index is 12.9. The molecule has 6 heteroatoms. The number of benzene rings is 2. The fourth-order valence-corrected chi connectivity index (χ4v) is 5.08. The Kier molecular flexibility index (Phi) is 6.27. The smallest absolute Gasteiger partial charge is 0.293 e. The molecule has 5 rings (SSSR count). The molecule has 1 amide bonds. The van der Waals surface area contributed by atoms with Gasteiger partial charge in [-0.25, -0.2) is 4.98 Å². The molecule has 0 bridgehead atoms. The lowest BCUT2D eigenvalue weighted by Crippen LogP contribution is -2.51. The Balaban J connectivity index is 1.46. The van der Waals surface area contributed by atoms with Crippen molar-refractivity contribution in [3.8, 4) is 6.07 Å². The van der Waals surface area contributed by atoms with Crippen molar-refractivity contribution in [3.63, 3.8) is 0 Å². The van der Waals surface area contributed by atoms with Gasteiger partial charge in [0, 0.05) is 24.0 Å². The lowest BCUT2D eigenvalue weighted by molar-refractivity contribution is -0.378. The minimum absolute atomic E-state index is 0.0591. The van der Waals surface area contributed by atoms with Crippen LogP contribution in [0.25, 0.3) is 0 Å². The second-order valence-electron chi connectivity index (χ2n) is 9.93. The molecule has 3 heterocycles. The van der Waals surface area contributed by atoms with Crippen LogP contribution >= 0.6 is 0 Å². The van der Waals surface area contributed by atoms with Crippen LogP contribution in [0.4, 0.5) is 5.82 Å². The minimum atomic E-state index is -0.317. The van der Waals surface area contributed by atoms with Crippen molar-refractivity contribution in [2.75, 3.05) is 31.1 Å². The van der Waals surface area contributed by atoms with E-state index in [9.17, 15) is 10.1 Å². The first kappa shape index (κ1) is 23.1. The first-order valence-corrected chi connectivity index (χ1v) is 12.2. The van der Waals surface area contributed by atoms with Crippen molar-refractivity contribution < 1.29 is 14.5 Å². The summed E-state index contributed by atoms with van der Waals surface area (Å²) in [6.07, 6.45) is 1.44. The summed E-state index contributed by atoms with van der Waals surface area (Å²) in [4.78, 5) is 20.7. The standard InChI is InChI=1S/C29H30N4O2/c1-29(2)18-23-24(19-30)27(31-26(25(23)20-35-29)17-21-9-5-3-6-10-21)32-13-15-33(16-14-32)28(34)22-11-7-4-8-12-22/h3-12H,13-18,20H2,1-2H3/p+1. The summed E-state index contributed by atoms with van der Waals surface area (Å²) in [5.74, 6) is 0.922. The van der Waals surface area contributed by atoms with Gasteiger partial charge in [-0.15, -0.1) is 0 Å². The molecule has 0 unspecified atom stereocenters. The molecule has 1 aromatic heterocycles. The number of pyridine rings is 1. The first-order valence-electron chi connectivity index (χ1n) is 12.2. The number of ether oxygens (including phenoxy) is 1. The molecule has 6 nitrogen and oxygen atoms in total. The number of H-pyrrole nitrogens is 1. The number of hydrogen-bond acceptors (Lipinski definition) is 4. The molecule has 1 fully saturated rings. The van der Waals surface area contributed by atoms with E-state index in [4.69, 9.17) is 4.74 Å². The molecule has 0 saturated carbocycles. The number of fused-ring (bicyclic) bond motifs is 1. The Morgan fingerprint density at radius 2 is 1.66 bits per heavy atom. The number of aromatic nitrogens is 1. The van der Waals surface area contributed by atoms with E-state index in [0.717, 1.165) is 29.1 Å². The maximum atomic E-state index is 12.9.